The molecule has 0 bridgehead atoms. The van der Waals surface area contributed by atoms with Gasteiger partial charge in [-0.1, -0.05) is 17.7 Å². The average molecular weight is 293 g/mol. The first-order chi connectivity index (χ1) is 9.42. The predicted molar refractivity (Wildman–Crippen MR) is 75.3 cm³/mol. The van der Waals surface area contributed by atoms with Crippen molar-refractivity contribution in [2.45, 2.75) is 18.7 Å². The Kier molecular flexibility index (Phi) is 3.89. The first kappa shape index (κ1) is 14.3. The molecule has 0 atom stereocenters. The molecule has 1 aromatic heterocycles. The molecule has 2 rings (SSSR count). The van der Waals surface area contributed by atoms with Gasteiger partial charge in [0.05, 0.1) is 12.0 Å². The van der Waals surface area contributed by atoms with Gasteiger partial charge >= 0.3 is 0 Å². The molecule has 0 spiro atoms. The molecule has 0 radical (unpaired) electrons. The second-order valence-electron chi connectivity index (χ2n) is 4.32. The van der Waals surface area contributed by atoms with Crippen LogP contribution in [0.2, 0.25) is 0 Å². The predicted octanol–water partition coefficient (Wildman–Crippen LogP) is 1.90. The summed E-state index contributed by atoms with van der Waals surface area (Å²) in [4.78, 5) is 7.91. The van der Waals surface area contributed by atoms with E-state index in [1.54, 1.807) is 19.1 Å². The highest BCUT2D eigenvalue weighted by Gasteiger charge is 2.17. The number of benzene rings is 1. The standard InChI is InChI=1S/C13H15N3O3S/c1-9-4-5-11(10(2)6-9)20(17,18)16-12-7-13(19-3)15-8-14-12/h4-8H,1-3H3,(H,14,15,16). The third-order valence-electron chi connectivity index (χ3n) is 2.71. The van der Waals surface area contributed by atoms with Crippen LogP contribution in [0.4, 0.5) is 5.82 Å². The molecule has 7 heteroatoms. The van der Waals surface area contributed by atoms with Gasteiger partial charge in [-0.25, -0.2) is 18.4 Å². The molecule has 2 aromatic rings. The van der Waals surface area contributed by atoms with Gasteiger partial charge in [-0.05, 0) is 25.5 Å². The summed E-state index contributed by atoms with van der Waals surface area (Å²) in [6.45, 7) is 3.66. The fourth-order valence-corrected chi connectivity index (χ4v) is 3.03. The van der Waals surface area contributed by atoms with Crippen LogP contribution in [-0.2, 0) is 10.0 Å². The van der Waals surface area contributed by atoms with Crippen LogP contribution < -0.4 is 9.46 Å². The summed E-state index contributed by atoms with van der Waals surface area (Å²) in [7, 11) is -2.23. The largest absolute Gasteiger partial charge is 0.481 e. The van der Waals surface area contributed by atoms with Crippen LogP contribution >= 0.6 is 0 Å². The van der Waals surface area contributed by atoms with Crippen molar-refractivity contribution >= 4 is 15.8 Å². The van der Waals surface area contributed by atoms with E-state index < -0.39 is 10.0 Å². The van der Waals surface area contributed by atoms with Gasteiger partial charge < -0.3 is 4.74 Å². The molecular weight excluding hydrogens is 278 g/mol. The Morgan fingerprint density at radius 1 is 1.15 bits per heavy atom. The molecule has 106 valence electrons. The van der Waals surface area contributed by atoms with Gasteiger partial charge in [0.2, 0.25) is 5.88 Å². The molecule has 0 amide bonds. The summed E-state index contributed by atoms with van der Waals surface area (Å²) < 4.78 is 32.0. The number of methoxy groups -OCH3 is 1. The first-order valence-electron chi connectivity index (χ1n) is 5.88. The Labute approximate surface area is 117 Å². The quantitative estimate of drug-likeness (QED) is 0.931. The highest BCUT2D eigenvalue weighted by molar-refractivity contribution is 7.92. The summed E-state index contributed by atoms with van der Waals surface area (Å²) >= 11 is 0. The van der Waals surface area contributed by atoms with Gasteiger partial charge in [-0.2, -0.15) is 0 Å². The van der Waals surface area contributed by atoms with Crippen LogP contribution in [0.15, 0.2) is 35.5 Å². The van der Waals surface area contributed by atoms with Crippen molar-refractivity contribution in [1.29, 1.82) is 0 Å². The fourth-order valence-electron chi connectivity index (χ4n) is 1.80. The molecular formula is C13H15N3O3S. The van der Waals surface area contributed by atoms with Crippen molar-refractivity contribution in [2.75, 3.05) is 11.8 Å². The maximum Gasteiger partial charge on any atom is 0.263 e. The summed E-state index contributed by atoms with van der Waals surface area (Å²) in [5.41, 5.74) is 1.68. The zero-order valence-corrected chi connectivity index (χ0v) is 12.2. The molecule has 6 nitrogen and oxygen atoms in total. The van der Waals surface area contributed by atoms with Crippen molar-refractivity contribution in [1.82, 2.24) is 9.97 Å². The van der Waals surface area contributed by atoms with E-state index in [4.69, 9.17) is 4.74 Å². The molecule has 0 saturated carbocycles. The minimum atomic E-state index is -3.68. The average Bonchev–Trinajstić information content (AvgIpc) is 2.37. The van der Waals surface area contributed by atoms with Crippen LogP contribution in [0, 0.1) is 13.8 Å². The molecule has 0 fully saturated rings. The maximum atomic E-state index is 12.3. The lowest BCUT2D eigenvalue weighted by Gasteiger charge is -2.10. The topological polar surface area (TPSA) is 81.2 Å². The van der Waals surface area contributed by atoms with E-state index in [1.807, 2.05) is 13.0 Å². The minimum absolute atomic E-state index is 0.164. The number of aryl methyl sites for hydroxylation is 2. The SMILES string of the molecule is COc1cc(NS(=O)(=O)c2ccc(C)cc2C)ncn1. The van der Waals surface area contributed by atoms with Gasteiger partial charge in [0.25, 0.3) is 10.0 Å². The Balaban J connectivity index is 2.35. The Hall–Kier alpha value is -2.15. The number of rotatable bonds is 4. The molecule has 0 aliphatic heterocycles. The smallest absolute Gasteiger partial charge is 0.263 e. The Morgan fingerprint density at radius 3 is 2.55 bits per heavy atom. The zero-order chi connectivity index (χ0) is 14.8. The summed E-state index contributed by atoms with van der Waals surface area (Å²) in [5.74, 6) is 0.454. The second-order valence-corrected chi connectivity index (χ2v) is 5.97. The van der Waals surface area contributed by atoms with Gasteiger partial charge in [0.1, 0.15) is 12.1 Å². The van der Waals surface area contributed by atoms with E-state index >= 15 is 0 Å². The molecule has 0 aliphatic rings. The Bertz CT molecular complexity index is 729. The number of nitrogens with zero attached hydrogens (tertiary/aromatic N) is 2. The fraction of sp³-hybridized carbons (Fsp3) is 0.231. The first-order valence-corrected chi connectivity index (χ1v) is 7.37. The normalized spacial score (nSPS) is 11.2. The zero-order valence-electron chi connectivity index (χ0n) is 11.4. The number of hydrogen-bond acceptors (Lipinski definition) is 5. The van der Waals surface area contributed by atoms with Gasteiger partial charge in [0, 0.05) is 6.07 Å². The lowest BCUT2D eigenvalue weighted by molar-refractivity contribution is 0.397. The van der Waals surface area contributed by atoms with Crippen LogP contribution in [0.25, 0.3) is 0 Å². The van der Waals surface area contributed by atoms with E-state index in [0.717, 1.165) is 5.56 Å². The molecule has 0 unspecified atom stereocenters. The summed E-state index contributed by atoms with van der Waals surface area (Å²) in [6.07, 6.45) is 1.23. The lowest BCUT2D eigenvalue weighted by atomic mass is 10.2. The third-order valence-corrected chi connectivity index (χ3v) is 4.22. The van der Waals surface area contributed by atoms with Crippen molar-refractivity contribution in [3.05, 3.63) is 41.7 Å². The van der Waals surface area contributed by atoms with Gasteiger partial charge in [0.15, 0.2) is 0 Å². The number of hydrogen-bond donors (Lipinski definition) is 1. The second kappa shape index (κ2) is 5.46. The van der Waals surface area contributed by atoms with Crippen LogP contribution in [-0.4, -0.2) is 25.5 Å². The number of ether oxygens (including phenoxy) is 1. The minimum Gasteiger partial charge on any atom is -0.481 e. The van der Waals surface area contributed by atoms with Crippen LogP contribution in [0.1, 0.15) is 11.1 Å². The monoisotopic (exact) mass is 293 g/mol. The van der Waals surface area contributed by atoms with Crippen molar-refractivity contribution in [3.8, 4) is 5.88 Å². The molecule has 1 aromatic carbocycles. The van der Waals surface area contributed by atoms with Crippen LogP contribution in [0.5, 0.6) is 5.88 Å². The molecule has 0 aliphatic carbocycles. The van der Waals surface area contributed by atoms with Crippen molar-refractivity contribution in [2.24, 2.45) is 0 Å². The van der Waals surface area contributed by atoms with Gasteiger partial charge in [-0.3, -0.25) is 4.72 Å². The lowest BCUT2D eigenvalue weighted by Crippen LogP contribution is -2.15. The molecule has 20 heavy (non-hydrogen) atoms. The summed E-state index contributed by atoms with van der Waals surface area (Å²) in [6, 6.07) is 6.56. The van der Waals surface area contributed by atoms with Crippen molar-refractivity contribution in [3.63, 3.8) is 0 Å². The van der Waals surface area contributed by atoms with Crippen LogP contribution in [0.3, 0.4) is 0 Å². The number of aromatic nitrogens is 2. The Morgan fingerprint density at radius 2 is 1.90 bits per heavy atom. The highest BCUT2D eigenvalue weighted by Crippen LogP contribution is 2.20. The number of anilines is 1. The van der Waals surface area contributed by atoms with E-state index in [2.05, 4.69) is 14.7 Å². The maximum absolute atomic E-state index is 12.3. The highest BCUT2D eigenvalue weighted by atomic mass is 32.2. The van der Waals surface area contributed by atoms with Gasteiger partial charge in [-0.15, -0.1) is 0 Å². The summed E-state index contributed by atoms with van der Waals surface area (Å²) in [5, 5.41) is 0. The van der Waals surface area contributed by atoms with E-state index in [9.17, 15) is 8.42 Å². The number of sulfonamides is 1. The third kappa shape index (κ3) is 3.05. The van der Waals surface area contributed by atoms with Crippen molar-refractivity contribution < 1.29 is 13.2 Å². The molecule has 0 saturated heterocycles. The van der Waals surface area contributed by atoms with E-state index in [-0.39, 0.29) is 10.7 Å². The van der Waals surface area contributed by atoms with E-state index in [0.29, 0.717) is 11.4 Å². The molecule has 1 N–H and O–H groups in total. The van der Waals surface area contributed by atoms with E-state index in [1.165, 1.54) is 19.5 Å². The molecule has 1 heterocycles. The number of nitrogens with one attached hydrogen (secondary N) is 1.